The van der Waals surface area contributed by atoms with Gasteiger partial charge in [-0.1, -0.05) is 38.8 Å². The quantitative estimate of drug-likeness (QED) is 0.490. The van der Waals surface area contributed by atoms with E-state index in [1.807, 2.05) is 13.0 Å². The number of rotatable bonds is 10. The van der Waals surface area contributed by atoms with Crippen molar-refractivity contribution < 1.29 is 9.18 Å². The van der Waals surface area contributed by atoms with Crippen LogP contribution in [0.2, 0.25) is 0 Å². The standard InChI is InChI=1S/C17H25ClFNOS/c1-3-4-6-13(2)17(21)20-9-10-22-12-15-14(11-18)7-5-8-16(15)19/h5,7-8,13H,3-4,6,9-12H2,1-2H3,(H,20,21). The highest BCUT2D eigenvalue weighted by Crippen LogP contribution is 2.21. The third-order valence-corrected chi connectivity index (χ3v) is 4.86. The monoisotopic (exact) mass is 345 g/mol. The highest BCUT2D eigenvalue weighted by atomic mass is 35.5. The molecule has 0 aliphatic carbocycles. The summed E-state index contributed by atoms with van der Waals surface area (Å²) < 4.78 is 13.8. The van der Waals surface area contributed by atoms with Gasteiger partial charge in [0.2, 0.25) is 5.91 Å². The fourth-order valence-corrected chi connectivity index (χ4v) is 3.29. The molecule has 2 nitrogen and oxygen atoms in total. The minimum absolute atomic E-state index is 0.0689. The number of hydrogen-bond donors (Lipinski definition) is 1. The minimum atomic E-state index is -0.206. The highest BCUT2D eigenvalue weighted by Gasteiger charge is 2.11. The van der Waals surface area contributed by atoms with Crippen LogP contribution in [-0.2, 0) is 16.4 Å². The second kappa shape index (κ2) is 10.9. The number of amides is 1. The van der Waals surface area contributed by atoms with Gasteiger partial charge < -0.3 is 5.32 Å². The maximum Gasteiger partial charge on any atom is 0.222 e. The van der Waals surface area contributed by atoms with Crippen LogP contribution < -0.4 is 5.32 Å². The fraction of sp³-hybridized carbons (Fsp3) is 0.588. The van der Waals surface area contributed by atoms with Gasteiger partial charge in [0.15, 0.2) is 0 Å². The van der Waals surface area contributed by atoms with Gasteiger partial charge in [0, 0.05) is 35.4 Å². The lowest BCUT2D eigenvalue weighted by molar-refractivity contribution is -0.124. The zero-order chi connectivity index (χ0) is 16.4. The van der Waals surface area contributed by atoms with Crippen LogP contribution in [-0.4, -0.2) is 18.2 Å². The van der Waals surface area contributed by atoms with E-state index in [-0.39, 0.29) is 17.6 Å². The van der Waals surface area contributed by atoms with Crippen LogP contribution in [0, 0.1) is 11.7 Å². The van der Waals surface area contributed by atoms with Gasteiger partial charge in [0.1, 0.15) is 5.82 Å². The Morgan fingerprint density at radius 3 is 2.91 bits per heavy atom. The van der Waals surface area contributed by atoms with Gasteiger partial charge in [-0.3, -0.25) is 4.79 Å². The predicted octanol–water partition coefficient (Wildman–Crippen LogP) is 4.74. The Hall–Kier alpha value is -0.740. The number of benzene rings is 1. The average molecular weight is 346 g/mol. The van der Waals surface area contributed by atoms with Crippen LogP contribution in [0.1, 0.15) is 44.2 Å². The van der Waals surface area contributed by atoms with Crippen molar-refractivity contribution in [1.82, 2.24) is 5.32 Å². The molecule has 0 heterocycles. The van der Waals surface area contributed by atoms with Crippen LogP contribution in [0.15, 0.2) is 18.2 Å². The summed E-state index contributed by atoms with van der Waals surface area (Å²) in [6.45, 7) is 4.70. The molecule has 0 radical (unpaired) electrons. The van der Waals surface area contributed by atoms with Gasteiger partial charge in [-0.25, -0.2) is 4.39 Å². The van der Waals surface area contributed by atoms with Crippen molar-refractivity contribution in [3.8, 4) is 0 Å². The first kappa shape index (κ1) is 19.3. The molecule has 0 aromatic heterocycles. The maximum absolute atomic E-state index is 13.8. The summed E-state index contributed by atoms with van der Waals surface area (Å²) in [7, 11) is 0. The first-order chi connectivity index (χ1) is 10.6. The lowest BCUT2D eigenvalue weighted by Gasteiger charge is -2.12. The molecular formula is C17H25ClFNOS. The van der Waals surface area contributed by atoms with Crippen molar-refractivity contribution in [3.63, 3.8) is 0 Å². The fourth-order valence-electron chi connectivity index (χ4n) is 2.13. The summed E-state index contributed by atoms with van der Waals surface area (Å²) in [6, 6.07) is 4.99. The van der Waals surface area contributed by atoms with E-state index in [1.54, 1.807) is 17.8 Å². The lowest BCUT2D eigenvalue weighted by atomic mass is 10.0. The largest absolute Gasteiger partial charge is 0.355 e. The first-order valence-electron chi connectivity index (χ1n) is 7.77. The molecule has 0 saturated carbocycles. The molecule has 124 valence electrons. The normalized spacial score (nSPS) is 12.2. The molecule has 0 fully saturated rings. The molecule has 0 bridgehead atoms. The zero-order valence-electron chi connectivity index (χ0n) is 13.3. The minimum Gasteiger partial charge on any atom is -0.355 e. The van der Waals surface area contributed by atoms with Gasteiger partial charge in [0.05, 0.1) is 0 Å². The topological polar surface area (TPSA) is 29.1 Å². The number of carbonyl (C=O) groups excluding carboxylic acids is 1. The average Bonchev–Trinajstić information content (AvgIpc) is 2.53. The lowest BCUT2D eigenvalue weighted by Crippen LogP contribution is -2.31. The first-order valence-corrected chi connectivity index (χ1v) is 9.46. The van der Waals surface area contributed by atoms with E-state index in [9.17, 15) is 9.18 Å². The Morgan fingerprint density at radius 2 is 2.23 bits per heavy atom. The van der Waals surface area contributed by atoms with Crippen molar-refractivity contribution in [3.05, 3.63) is 35.1 Å². The van der Waals surface area contributed by atoms with E-state index in [2.05, 4.69) is 12.2 Å². The van der Waals surface area contributed by atoms with E-state index >= 15 is 0 Å². The summed E-state index contributed by atoms with van der Waals surface area (Å²) in [5.74, 6) is 1.64. The Bertz CT molecular complexity index is 470. The van der Waals surface area contributed by atoms with E-state index in [4.69, 9.17) is 11.6 Å². The number of carbonyl (C=O) groups is 1. The Morgan fingerprint density at radius 1 is 1.45 bits per heavy atom. The van der Waals surface area contributed by atoms with Crippen molar-refractivity contribution in [1.29, 1.82) is 0 Å². The van der Waals surface area contributed by atoms with Crippen LogP contribution in [0.25, 0.3) is 0 Å². The molecule has 1 aromatic rings. The third kappa shape index (κ3) is 6.57. The van der Waals surface area contributed by atoms with Gasteiger partial charge >= 0.3 is 0 Å². The third-order valence-electron chi connectivity index (χ3n) is 3.59. The molecule has 1 aromatic carbocycles. The Balaban J connectivity index is 2.27. The molecule has 1 amide bonds. The van der Waals surface area contributed by atoms with E-state index in [0.29, 0.717) is 23.7 Å². The van der Waals surface area contributed by atoms with Gasteiger partial charge in [-0.15, -0.1) is 11.6 Å². The number of alkyl halides is 1. The number of unbranched alkanes of at least 4 members (excludes halogenated alkanes) is 1. The van der Waals surface area contributed by atoms with Gasteiger partial charge in [-0.2, -0.15) is 11.8 Å². The van der Waals surface area contributed by atoms with E-state index in [1.165, 1.54) is 6.07 Å². The molecule has 1 rings (SSSR count). The van der Waals surface area contributed by atoms with Crippen LogP contribution >= 0.6 is 23.4 Å². The van der Waals surface area contributed by atoms with E-state index in [0.717, 1.165) is 30.6 Å². The molecule has 1 unspecified atom stereocenters. The molecule has 1 atom stereocenters. The van der Waals surface area contributed by atoms with E-state index < -0.39 is 0 Å². The van der Waals surface area contributed by atoms with Gasteiger partial charge in [-0.05, 0) is 18.1 Å². The molecular weight excluding hydrogens is 321 g/mol. The zero-order valence-corrected chi connectivity index (χ0v) is 14.9. The predicted molar refractivity (Wildman–Crippen MR) is 93.8 cm³/mol. The number of halogens is 2. The molecule has 0 aliphatic heterocycles. The van der Waals surface area contributed by atoms with Crippen LogP contribution in [0.5, 0.6) is 0 Å². The molecule has 22 heavy (non-hydrogen) atoms. The summed E-state index contributed by atoms with van der Waals surface area (Å²) in [6.07, 6.45) is 3.13. The highest BCUT2D eigenvalue weighted by molar-refractivity contribution is 7.98. The second-order valence-corrected chi connectivity index (χ2v) is 6.77. The Kier molecular flexibility index (Phi) is 9.56. The van der Waals surface area contributed by atoms with Crippen molar-refractivity contribution in [2.24, 2.45) is 5.92 Å². The smallest absolute Gasteiger partial charge is 0.222 e. The van der Waals surface area contributed by atoms with Crippen molar-refractivity contribution in [2.45, 2.75) is 44.7 Å². The van der Waals surface area contributed by atoms with Crippen molar-refractivity contribution in [2.75, 3.05) is 12.3 Å². The molecule has 0 aliphatic rings. The summed E-state index contributed by atoms with van der Waals surface area (Å²) in [5.41, 5.74) is 1.51. The Labute approximate surface area is 142 Å². The van der Waals surface area contributed by atoms with Crippen molar-refractivity contribution >= 4 is 29.3 Å². The SMILES string of the molecule is CCCCC(C)C(=O)NCCSCc1c(F)cccc1CCl. The summed E-state index contributed by atoms with van der Waals surface area (Å²) in [4.78, 5) is 11.8. The second-order valence-electron chi connectivity index (χ2n) is 5.40. The molecule has 0 spiro atoms. The van der Waals surface area contributed by atoms with Crippen LogP contribution in [0.3, 0.4) is 0 Å². The van der Waals surface area contributed by atoms with Crippen LogP contribution in [0.4, 0.5) is 4.39 Å². The molecule has 1 N–H and O–H groups in total. The summed E-state index contributed by atoms with van der Waals surface area (Å²) in [5, 5.41) is 2.94. The number of hydrogen-bond acceptors (Lipinski definition) is 2. The number of thioether (sulfide) groups is 1. The summed E-state index contributed by atoms with van der Waals surface area (Å²) >= 11 is 7.44. The van der Waals surface area contributed by atoms with Gasteiger partial charge in [0.25, 0.3) is 0 Å². The maximum atomic E-state index is 13.8. The molecule has 5 heteroatoms. The number of nitrogens with one attached hydrogen (secondary N) is 1. The molecule has 0 saturated heterocycles.